The molecule has 1 heterocycles. The number of pyridine rings is 1. The molecule has 1 amide bonds. The molecular weight excluding hydrogens is 311 g/mol. The fourth-order valence-corrected chi connectivity index (χ4v) is 3.01. The van der Waals surface area contributed by atoms with Crippen molar-refractivity contribution in [1.82, 2.24) is 10.3 Å². The van der Waals surface area contributed by atoms with Crippen LogP contribution in [0.15, 0.2) is 42.7 Å². The van der Waals surface area contributed by atoms with Gasteiger partial charge in [-0.1, -0.05) is 24.3 Å². The van der Waals surface area contributed by atoms with Gasteiger partial charge in [0.25, 0.3) is 5.91 Å². The molecule has 0 unspecified atom stereocenters. The average molecular weight is 328 g/mol. The first kappa shape index (κ1) is 16.1. The molecule has 0 radical (unpaired) electrons. The first-order valence-electron chi connectivity index (χ1n) is 7.72. The molecule has 1 N–H and O–H groups in total. The molecule has 24 heavy (non-hydrogen) atoms. The molecule has 3 rings (SSSR count). The Balaban J connectivity index is 1.92. The maximum absolute atomic E-state index is 13.8. The van der Waals surface area contributed by atoms with Crippen LogP contribution in [-0.4, -0.2) is 29.0 Å². The van der Waals surface area contributed by atoms with Crippen molar-refractivity contribution in [3.05, 3.63) is 65.2 Å². The normalized spacial score (nSPS) is 14.8. The van der Waals surface area contributed by atoms with Crippen molar-refractivity contribution in [2.75, 3.05) is 6.61 Å². The summed E-state index contributed by atoms with van der Waals surface area (Å²) in [6, 6.07) is 8.87. The Kier molecular flexibility index (Phi) is 4.29. The fraction of sp³-hybridized carbons (Fsp3) is 0.278. The van der Waals surface area contributed by atoms with Crippen LogP contribution in [-0.2, 0) is 22.4 Å². The van der Waals surface area contributed by atoms with Crippen molar-refractivity contribution in [1.29, 1.82) is 0 Å². The van der Waals surface area contributed by atoms with E-state index in [1.54, 1.807) is 6.92 Å². The molecular formula is C18H17FN2O3. The largest absolute Gasteiger partial charge is 0.464 e. The minimum atomic E-state index is -1.22. The van der Waals surface area contributed by atoms with Gasteiger partial charge in [0.1, 0.15) is 5.54 Å². The van der Waals surface area contributed by atoms with E-state index >= 15 is 0 Å². The van der Waals surface area contributed by atoms with Crippen LogP contribution in [0.5, 0.6) is 0 Å². The number of hydrogen-bond acceptors (Lipinski definition) is 4. The summed E-state index contributed by atoms with van der Waals surface area (Å²) in [5.41, 5.74) is 0.582. The van der Waals surface area contributed by atoms with Gasteiger partial charge in [-0.25, -0.2) is 9.18 Å². The van der Waals surface area contributed by atoms with Gasteiger partial charge in [0, 0.05) is 19.0 Å². The van der Waals surface area contributed by atoms with Crippen LogP contribution in [0.3, 0.4) is 0 Å². The third-order valence-corrected chi connectivity index (χ3v) is 4.14. The molecule has 0 saturated carbocycles. The van der Waals surface area contributed by atoms with Gasteiger partial charge in [-0.15, -0.1) is 0 Å². The highest BCUT2D eigenvalue weighted by atomic mass is 19.1. The van der Waals surface area contributed by atoms with Gasteiger partial charge < -0.3 is 10.1 Å². The number of ether oxygens (including phenoxy) is 1. The Labute approximate surface area is 138 Å². The molecule has 0 aliphatic heterocycles. The van der Waals surface area contributed by atoms with Crippen LogP contribution in [0.25, 0.3) is 0 Å². The molecule has 5 nitrogen and oxygen atoms in total. The highest BCUT2D eigenvalue weighted by Crippen LogP contribution is 2.31. The Morgan fingerprint density at radius 3 is 2.50 bits per heavy atom. The number of amides is 1. The van der Waals surface area contributed by atoms with Gasteiger partial charge >= 0.3 is 5.97 Å². The monoisotopic (exact) mass is 328 g/mol. The number of rotatable bonds is 4. The lowest BCUT2D eigenvalue weighted by atomic mass is 9.95. The lowest BCUT2D eigenvalue weighted by Crippen LogP contribution is -2.56. The smallest absolute Gasteiger partial charge is 0.332 e. The maximum Gasteiger partial charge on any atom is 0.332 e. The highest BCUT2D eigenvalue weighted by molar-refractivity contribution is 5.98. The molecule has 1 aliphatic rings. The standard InChI is InChI=1S/C18H17FN2O3/c1-2-24-17(23)18(9-12-5-3-4-6-13(12)10-18)21-16(22)14-7-8-20-11-15(14)19/h3-8,11H,2,9-10H2,1H3,(H,21,22). The lowest BCUT2D eigenvalue weighted by Gasteiger charge is -2.28. The van der Waals surface area contributed by atoms with Gasteiger partial charge in [0.2, 0.25) is 0 Å². The van der Waals surface area contributed by atoms with Crippen LogP contribution in [0.2, 0.25) is 0 Å². The highest BCUT2D eigenvalue weighted by Gasteiger charge is 2.46. The summed E-state index contributed by atoms with van der Waals surface area (Å²) in [5.74, 6) is -1.90. The van der Waals surface area contributed by atoms with E-state index in [1.165, 1.54) is 12.3 Å². The van der Waals surface area contributed by atoms with E-state index in [-0.39, 0.29) is 12.2 Å². The van der Waals surface area contributed by atoms with Gasteiger partial charge in [0.05, 0.1) is 18.4 Å². The summed E-state index contributed by atoms with van der Waals surface area (Å²) in [6.45, 7) is 1.91. The molecule has 0 saturated heterocycles. The Morgan fingerprint density at radius 1 is 1.25 bits per heavy atom. The summed E-state index contributed by atoms with van der Waals surface area (Å²) in [5, 5.41) is 2.70. The van der Waals surface area contributed by atoms with E-state index in [9.17, 15) is 14.0 Å². The van der Waals surface area contributed by atoms with Gasteiger partial charge in [0.15, 0.2) is 5.82 Å². The number of hydrogen-bond donors (Lipinski definition) is 1. The van der Waals surface area contributed by atoms with E-state index in [2.05, 4.69) is 10.3 Å². The zero-order valence-electron chi connectivity index (χ0n) is 13.2. The quantitative estimate of drug-likeness (QED) is 0.872. The van der Waals surface area contributed by atoms with E-state index in [0.717, 1.165) is 17.3 Å². The number of nitrogens with one attached hydrogen (secondary N) is 1. The summed E-state index contributed by atoms with van der Waals surface area (Å²) >= 11 is 0. The van der Waals surface area contributed by atoms with Crippen LogP contribution in [0, 0.1) is 5.82 Å². The molecule has 0 fully saturated rings. The van der Waals surface area contributed by atoms with E-state index in [0.29, 0.717) is 12.8 Å². The average Bonchev–Trinajstić information content (AvgIpc) is 2.94. The van der Waals surface area contributed by atoms with Crippen molar-refractivity contribution in [2.24, 2.45) is 0 Å². The molecule has 6 heteroatoms. The van der Waals surface area contributed by atoms with Crippen molar-refractivity contribution in [2.45, 2.75) is 25.3 Å². The SMILES string of the molecule is CCOC(=O)C1(NC(=O)c2ccncc2F)Cc2ccccc2C1. The number of benzene rings is 1. The fourth-order valence-electron chi connectivity index (χ4n) is 3.01. The minimum Gasteiger partial charge on any atom is -0.464 e. The number of aromatic nitrogens is 1. The third-order valence-electron chi connectivity index (χ3n) is 4.14. The van der Waals surface area contributed by atoms with Gasteiger partial charge in [-0.05, 0) is 24.1 Å². The number of fused-ring (bicyclic) bond motifs is 1. The topological polar surface area (TPSA) is 68.3 Å². The molecule has 1 aromatic carbocycles. The minimum absolute atomic E-state index is 0.148. The molecule has 0 bridgehead atoms. The zero-order chi connectivity index (χ0) is 17.2. The number of esters is 1. The number of carbonyl (C=O) groups excluding carboxylic acids is 2. The van der Waals surface area contributed by atoms with E-state index in [4.69, 9.17) is 4.74 Å². The second kappa shape index (κ2) is 6.39. The molecule has 1 aliphatic carbocycles. The molecule has 124 valence electrons. The summed E-state index contributed by atoms with van der Waals surface area (Å²) in [4.78, 5) is 28.7. The zero-order valence-corrected chi connectivity index (χ0v) is 13.2. The number of carbonyl (C=O) groups is 2. The van der Waals surface area contributed by atoms with E-state index in [1.807, 2.05) is 24.3 Å². The molecule has 1 aromatic heterocycles. The van der Waals surface area contributed by atoms with Crippen LogP contribution < -0.4 is 5.32 Å². The number of halogens is 1. The van der Waals surface area contributed by atoms with Crippen molar-refractivity contribution in [3.8, 4) is 0 Å². The molecule has 0 spiro atoms. The van der Waals surface area contributed by atoms with Crippen LogP contribution >= 0.6 is 0 Å². The summed E-state index contributed by atoms with van der Waals surface area (Å²) < 4.78 is 19.0. The van der Waals surface area contributed by atoms with Crippen LogP contribution in [0.1, 0.15) is 28.4 Å². The first-order valence-corrected chi connectivity index (χ1v) is 7.72. The Bertz CT molecular complexity index is 766. The predicted octanol–water partition coefficient (Wildman–Crippen LogP) is 2.05. The number of nitrogens with zero attached hydrogens (tertiary/aromatic N) is 1. The van der Waals surface area contributed by atoms with Gasteiger partial charge in [-0.3, -0.25) is 9.78 Å². The Hall–Kier alpha value is -2.76. The molecule has 2 aromatic rings. The molecule has 0 atom stereocenters. The second-order valence-electron chi connectivity index (χ2n) is 5.73. The van der Waals surface area contributed by atoms with E-state index < -0.39 is 23.2 Å². The summed E-state index contributed by atoms with van der Waals surface area (Å²) in [7, 11) is 0. The van der Waals surface area contributed by atoms with Gasteiger partial charge in [-0.2, -0.15) is 0 Å². The summed E-state index contributed by atoms with van der Waals surface area (Å²) in [6.07, 6.45) is 2.94. The first-order chi connectivity index (χ1) is 11.6. The predicted molar refractivity (Wildman–Crippen MR) is 84.9 cm³/mol. The third kappa shape index (κ3) is 2.87. The second-order valence-corrected chi connectivity index (χ2v) is 5.73. The van der Waals surface area contributed by atoms with Crippen molar-refractivity contribution < 1.29 is 18.7 Å². The van der Waals surface area contributed by atoms with Crippen molar-refractivity contribution >= 4 is 11.9 Å². The maximum atomic E-state index is 13.8. The Morgan fingerprint density at radius 2 is 1.92 bits per heavy atom. The van der Waals surface area contributed by atoms with Crippen molar-refractivity contribution in [3.63, 3.8) is 0 Å². The van der Waals surface area contributed by atoms with Crippen LogP contribution in [0.4, 0.5) is 4.39 Å². The lowest BCUT2D eigenvalue weighted by molar-refractivity contribution is -0.150.